The molecule has 2 nitrogen and oxygen atoms in total. The smallest absolute Gasteiger partial charge is 0.0668 e. The van der Waals surface area contributed by atoms with Gasteiger partial charge in [-0.1, -0.05) is 36.4 Å². The summed E-state index contributed by atoms with van der Waals surface area (Å²) in [6.07, 6.45) is 5.87. The van der Waals surface area contributed by atoms with Crippen molar-refractivity contribution in [3.63, 3.8) is 0 Å². The highest BCUT2D eigenvalue weighted by molar-refractivity contribution is 6.00. The van der Waals surface area contributed by atoms with Crippen LogP contribution in [0.2, 0.25) is 0 Å². The van der Waals surface area contributed by atoms with Crippen LogP contribution >= 0.6 is 0 Å². The third-order valence-corrected chi connectivity index (χ3v) is 5.27. The van der Waals surface area contributed by atoms with Gasteiger partial charge in [0.05, 0.1) is 5.69 Å². The van der Waals surface area contributed by atoms with Gasteiger partial charge in [0.25, 0.3) is 0 Å². The van der Waals surface area contributed by atoms with Gasteiger partial charge in [0.2, 0.25) is 0 Å². The molecule has 0 saturated heterocycles. The number of para-hydroxylation sites is 2. The summed E-state index contributed by atoms with van der Waals surface area (Å²) in [5.74, 6) is 1.02. The summed E-state index contributed by atoms with van der Waals surface area (Å²) in [6, 6.07) is 17.3. The number of aromatic amines is 1. The third kappa shape index (κ3) is 1.64. The number of nitrogens with one attached hydrogen (secondary N) is 1. The molecule has 0 amide bonds. The van der Waals surface area contributed by atoms with Crippen molar-refractivity contribution < 1.29 is 0 Å². The second-order valence-corrected chi connectivity index (χ2v) is 6.43. The molecule has 0 bridgehead atoms. The molecular weight excluding hydrogens is 268 g/mol. The van der Waals surface area contributed by atoms with E-state index in [4.69, 9.17) is 4.99 Å². The van der Waals surface area contributed by atoms with Crippen LogP contribution in [0, 0.1) is 0 Å². The highest BCUT2D eigenvalue weighted by Crippen LogP contribution is 2.50. The van der Waals surface area contributed by atoms with E-state index in [0.717, 1.165) is 6.42 Å². The number of fused-ring (bicyclic) bond motifs is 4. The normalized spacial score (nSPS) is 23.2. The number of nitrogens with zero attached hydrogens (tertiary/aromatic N) is 1. The van der Waals surface area contributed by atoms with Crippen molar-refractivity contribution in [1.82, 2.24) is 4.98 Å². The van der Waals surface area contributed by atoms with Crippen molar-refractivity contribution >= 4 is 22.3 Å². The van der Waals surface area contributed by atoms with E-state index in [0.29, 0.717) is 11.8 Å². The number of benzene rings is 2. The Bertz CT molecular complexity index is 887. The predicted molar refractivity (Wildman–Crippen MR) is 91.2 cm³/mol. The van der Waals surface area contributed by atoms with Gasteiger partial charge in [0.15, 0.2) is 0 Å². The van der Waals surface area contributed by atoms with Crippen molar-refractivity contribution in [2.75, 3.05) is 0 Å². The largest absolute Gasteiger partial charge is 0.361 e. The Morgan fingerprint density at radius 3 is 2.82 bits per heavy atom. The summed E-state index contributed by atoms with van der Waals surface area (Å²) in [5.41, 5.74) is 6.71. The monoisotopic (exact) mass is 286 g/mol. The SMILES string of the molecule is c1ccc2c(c1)N=C1CCCC(c3c[nH]c4ccccc34)C12. The van der Waals surface area contributed by atoms with Crippen LogP contribution in [0.15, 0.2) is 59.7 Å². The molecule has 1 aliphatic carbocycles. The van der Waals surface area contributed by atoms with Gasteiger partial charge in [-0.15, -0.1) is 0 Å². The van der Waals surface area contributed by atoms with E-state index in [2.05, 4.69) is 59.7 Å². The van der Waals surface area contributed by atoms with Gasteiger partial charge in [0, 0.05) is 28.7 Å². The lowest BCUT2D eigenvalue weighted by atomic mass is 9.72. The second-order valence-electron chi connectivity index (χ2n) is 6.43. The van der Waals surface area contributed by atoms with Gasteiger partial charge in [-0.05, 0) is 48.4 Å². The zero-order valence-corrected chi connectivity index (χ0v) is 12.4. The van der Waals surface area contributed by atoms with Gasteiger partial charge in [-0.25, -0.2) is 0 Å². The lowest BCUT2D eigenvalue weighted by Gasteiger charge is -2.30. The maximum absolute atomic E-state index is 4.92. The van der Waals surface area contributed by atoms with E-state index in [9.17, 15) is 0 Å². The van der Waals surface area contributed by atoms with E-state index < -0.39 is 0 Å². The molecule has 2 atom stereocenters. The quantitative estimate of drug-likeness (QED) is 0.628. The minimum atomic E-state index is 0.476. The van der Waals surface area contributed by atoms with Gasteiger partial charge in [-0.3, -0.25) is 4.99 Å². The zero-order valence-electron chi connectivity index (χ0n) is 12.4. The molecule has 5 rings (SSSR count). The van der Waals surface area contributed by atoms with E-state index in [-0.39, 0.29) is 0 Å². The number of aromatic nitrogens is 1. The number of H-pyrrole nitrogens is 1. The second kappa shape index (κ2) is 4.57. The van der Waals surface area contributed by atoms with Crippen LogP contribution in [-0.4, -0.2) is 10.7 Å². The Morgan fingerprint density at radius 2 is 1.82 bits per heavy atom. The number of rotatable bonds is 1. The lowest BCUT2D eigenvalue weighted by Crippen LogP contribution is -2.22. The Labute approximate surface area is 129 Å². The molecule has 22 heavy (non-hydrogen) atoms. The first-order valence-electron chi connectivity index (χ1n) is 8.14. The number of aliphatic imine (C=N–C) groups is 1. The van der Waals surface area contributed by atoms with E-state index >= 15 is 0 Å². The van der Waals surface area contributed by atoms with Crippen molar-refractivity contribution in [3.05, 3.63) is 65.9 Å². The average Bonchev–Trinajstić information content (AvgIpc) is 3.16. The Morgan fingerprint density at radius 1 is 0.955 bits per heavy atom. The van der Waals surface area contributed by atoms with Crippen LogP contribution in [-0.2, 0) is 0 Å². The molecule has 0 radical (unpaired) electrons. The van der Waals surface area contributed by atoms with Gasteiger partial charge >= 0.3 is 0 Å². The van der Waals surface area contributed by atoms with Crippen molar-refractivity contribution in [2.45, 2.75) is 31.1 Å². The minimum absolute atomic E-state index is 0.476. The summed E-state index contributed by atoms with van der Waals surface area (Å²) in [5, 5.41) is 1.37. The first-order chi connectivity index (χ1) is 10.9. The molecule has 1 aliphatic heterocycles. The molecule has 108 valence electrons. The first kappa shape index (κ1) is 12.2. The molecule has 1 saturated carbocycles. The maximum atomic E-state index is 4.92. The Kier molecular flexibility index (Phi) is 2.54. The molecule has 2 aliphatic rings. The molecule has 2 unspecified atom stereocenters. The first-order valence-corrected chi connectivity index (χ1v) is 8.14. The zero-order chi connectivity index (χ0) is 14.5. The van der Waals surface area contributed by atoms with Crippen LogP contribution in [0.5, 0.6) is 0 Å². The summed E-state index contributed by atoms with van der Waals surface area (Å²) in [4.78, 5) is 8.37. The van der Waals surface area contributed by atoms with Crippen LogP contribution in [0.25, 0.3) is 10.9 Å². The van der Waals surface area contributed by atoms with Crippen molar-refractivity contribution in [1.29, 1.82) is 0 Å². The van der Waals surface area contributed by atoms with Crippen LogP contribution in [0.4, 0.5) is 5.69 Å². The summed E-state index contributed by atoms with van der Waals surface area (Å²) >= 11 is 0. The Hall–Kier alpha value is -2.35. The predicted octanol–water partition coefficient (Wildman–Crippen LogP) is 5.31. The van der Waals surface area contributed by atoms with Crippen LogP contribution < -0.4 is 0 Å². The molecule has 2 heterocycles. The van der Waals surface area contributed by atoms with Crippen LogP contribution in [0.1, 0.15) is 42.2 Å². The molecule has 2 aromatic carbocycles. The maximum Gasteiger partial charge on any atom is 0.0668 e. The van der Waals surface area contributed by atoms with E-state index in [1.165, 1.54) is 46.3 Å². The number of hydrogen-bond acceptors (Lipinski definition) is 1. The highest BCUT2D eigenvalue weighted by Gasteiger charge is 2.37. The van der Waals surface area contributed by atoms with E-state index in [1.807, 2.05) is 0 Å². The van der Waals surface area contributed by atoms with Gasteiger partial charge in [-0.2, -0.15) is 0 Å². The number of hydrogen-bond donors (Lipinski definition) is 1. The average molecular weight is 286 g/mol. The molecule has 1 aromatic heterocycles. The van der Waals surface area contributed by atoms with E-state index in [1.54, 1.807) is 0 Å². The van der Waals surface area contributed by atoms with Crippen molar-refractivity contribution in [2.24, 2.45) is 4.99 Å². The molecular formula is C20H18N2. The third-order valence-electron chi connectivity index (χ3n) is 5.27. The van der Waals surface area contributed by atoms with Gasteiger partial charge < -0.3 is 4.98 Å². The lowest BCUT2D eigenvalue weighted by molar-refractivity contribution is 0.537. The fourth-order valence-corrected chi connectivity index (χ4v) is 4.32. The Balaban J connectivity index is 1.67. The summed E-state index contributed by atoms with van der Waals surface area (Å²) in [6.45, 7) is 0. The molecule has 0 spiro atoms. The highest BCUT2D eigenvalue weighted by atomic mass is 14.8. The molecule has 2 heteroatoms. The van der Waals surface area contributed by atoms with Crippen LogP contribution in [0.3, 0.4) is 0 Å². The fourth-order valence-electron chi connectivity index (χ4n) is 4.32. The standard InChI is InChI=1S/C20H18N2/c1-3-9-17-13(6-1)16(12-21-17)14-8-5-11-19-20(14)15-7-2-4-10-18(15)22-19/h1-4,6-7,9-10,12,14,20-21H,5,8,11H2. The van der Waals surface area contributed by atoms with Gasteiger partial charge in [0.1, 0.15) is 0 Å². The summed E-state index contributed by atoms with van der Waals surface area (Å²) < 4.78 is 0. The molecule has 3 aromatic rings. The molecule has 1 fully saturated rings. The minimum Gasteiger partial charge on any atom is -0.361 e. The topological polar surface area (TPSA) is 28.1 Å². The molecule has 1 N–H and O–H groups in total. The van der Waals surface area contributed by atoms with Crippen molar-refractivity contribution in [3.8, 4) is 0 Å². The fraction of sp³-hybridized carbons (Fsp3) is 0.250. The summed E-state index contributed by atoms with van der Waals surface area (Å²) in [7, 11) is 0.